The summed E-state index contributed by atoms with van der Waals surface area (Å²) in [5, 5.41) is 0. The lowest BCUT2D eigenvalue weighted by Crippen LogP contribution is -2.07. The summed E-state index contributed by atoms with van der Waals surface area (Å²) in [6.07, 6.45) is 7.11. The number of hydrogen-bond acceptors (Lipinski definition) is 3. The van der Waals surface area contributed by atoms with Gasteiger partial charge in [-0.15, -0.1) is 0 Å². The Morgan fingerprint density at radius 3 is 2.95 bits per heavy atom. The number of nitrogens with zero attached hydrogens (tertiary/aromatic N) is 1. The molecule has 0 bridgehead atoms. The van der Waals surface area contributed by atoms with E-state index in [1.165, 1.54) is 16.7 Å². The maximum atomic E-state index is 11.8. The van der Waals surface area contributed by atoms with Crippen LogP contribution in [0.5, 0.6) is 0 Å². The predicted molar refractivity (Wildman–Crippen MR) is 81.8 cm³/mol. The van der Waals surface area contributed by atoms with Crippen molar-refractivity contribution < 1.29 is 9.53 Å². The Kier molecular flexibility index (Phi) is 3.82. The number of carbonyl (C=O) groups is 1. The van der Waals surface area contributed by atoms with E-state index in [0.717, 1.165) is 17.6 Å². The number of aromatic nitrogens is 1. The number of carbonyl (C=O) groups excluding carboxylic acids is 1. The molecule has 3 rings (SSSR count). The summed E-state index contributed by atoms with van der Waals surface area (Å²) < 4.78 is 5.07. The molecule has 0 saturated carbocycles. The minimum Gasteiger partial charge on any atom is -0.463 e. The number of ether oxygens (including phenoxy) is 1. The molecule has 0 spiro atoms. The van der Waals surface area contributed by atoms with E-state index >= 15 is 0 Å². The lowest BCUT2D eigenvalue weighted by Gasteiger charge is -2.05. The van der Waals surface area contributed by atoms with Crippen molar-refractivity contribution in [2.24, 2.45) is 0 Å². The zero-order valence-electron chi connectivity index (χ0n) is 12.0. The van der Waals surface area contributed by atoms with Crippen LogP contribution in [0.4, 0.5) is 0 Å². The van der Waals surface area contributed by atoms with Crippen molar-refractivity contribution in [2.45, 2.75) is 19.8 Å². The minimum atomic E-state index is -0.206. The van der Waals surface area contributed by atoms with Crippen LogP contribution < -0.4 is 0 Å². The fourth-order valence-corrected chi connectivity index (χ4v) is 2.60. The first kappa shape index (κ1) is 13.6. The van der Waals surface area contributed by atoms with E-state index < -0.39 is 0 Å². The summed E-state index contributed by atoms with van der Waals surface area (Å²) in [7, 11) is 0. The fraction of sp³-hybridized carbons (Fsp3) is 0.222. The normalized spacial score (nSPS) is 12.7. The van der Waals surface area contributed by atoms with Crippen LogP contribution in [0, 0.1) is 0 Å². The zero-order chi connectivity index (χ0) is 14.7. The highest BCUT2D eigenvalue weighted by molar-refractivity contribution is 5.96. The monoisotopic (exact) mass is 279 g/mol. The van der Waals surface area contributed by atoms with Crippen LogP contribution in [0.1, 0.15) is 29.2 Å². The van der Waals surface area contributed by atoms with E-state index in [9.17, 15) is 4.79 Å². The van der Waals surface area contributed by atoms with Crippen LogP contribution >= 0.6 is 0 Å². The van der Waals surface area contributed by atoms with Gasteiger partial charge in [-0.1, -0.05) is 24.3 Å². The molecule has 0 N–H and O–H groups in total. The molecule has 0 radical (unpaired) electrons. The molecule has 106 valence electrons. The summed E-state index contributed by atoms with van der Waals surface area (Å²) >= 11 is 0. The van der Waals surface area contributed by atoms with Crippen molar-refractivity contribution in [2.75, 3.05) is 6.61 Å². The maximum absolute atomic E-state index is 11.8. The van der Waals surface area contributed by atoms with Gasteiger partial charge in [0.1, 0.15) is 0 Å². The molecule has 2 aromatic rings. The number of benzene rings is 1. The number of esters is 1. The third-order valence-electron chi connectivity index (χ3n) is 3.59. The molecule has 0 amide bonds. The Morgan fingerprint density at radius 2 is 2.19 bits per heavy atom. The third kappa shape index (κ3) is 3.02. The van der Waals surface area contributed by atoms with E-state index in [4.69, 9.17) is 4.74 Å². The second kappa shape index (κ2) is 5.92. The van der Waals surface area contributed by atoms with Gasteiger partial charge < -0.3 is 4.74 Å². The first-order chi connectivity index (χ1) is 10.3. The molecule has 1 aliphatic carbocycles. The summed E-state index contributed by atoms with van der Waals surface area (Å²) in [5.41, 5.74) is 5.48. The zero-order valence-corrected chi connectivity index (χ0v) is 12.0. The van der Waals surface area contributed by atoms with Gasteiger partial charge in [0.15, 0.2) is 0 Å². The van der Waals surface area contributed by atoms with Gasteiger partial charge in [0.05, 0.1) is 6.61 Å². The average Bonchev–Trinajstić information content (AvgIpc) is 2.92. The van der Waals surface area contributed by atoms with Crippen LogP contribution in [0.3, 0.4) is 0 Å². The summed E-state index contributed by atoms with van der Waals surface area (Å²) in [5.74, 6) is -0.206. The molecule has 21 heavy (non-hydrogen) atoms. The van der Waals surface area contributed by atoms with Crippen LogP contribution in [0.25, 0.3) is 6.08 Å². The summed E-state index contributed by atoms with van der Waals surface area (Å²) in [6, 6.07) is 10.4. The van der Waals surface area contributed by atoms with Crippen molar-refractivity contribution in [3.05, 3.63) is 70.6 Å². The van der Waals surface area contributed by atoms with Crippen molar-refractivity contribution in [3.63, 3.8) is 0 Å². The van der Waals surface area contributed by atoms with Crippen LogP contribution in [0.15, 0.2) is 48.3 Å². The lowest BCUT2D eigenvalue weighted by atomic mass is 10.0. The van der Waals surface area contributed by atoms with Crippen LogP contribution in [-0.2, 0) is 22.4 Å². The van der Waals surface area contributed by atoms with Gasteiger partial charge in [-0.3, -0.25) is 4.98 Å². The fourth-order valence-electron chi connectivity index (χ4n) is 2.60. The lowest BCUT2D eigenvalue weighted by molar-refractivity contribution is -0.138. The van der Waals surface area contributed by atoms with Gasteiger partial charge in [0.25, 0.3) is 0 Å². The Hall–Kier alpha value is -2.42. The molecule has 1 heterocycles. The smallest absolute Gasteiger partial charge is 0.334 e. The minimum absolute atomic E-state index is 0.206. The van der Waals surface area contributed by atoms with Gasteiger partial charge in [0, 0.05) is 24.4 Å². The van der Waals surface area contributed by atoms with Gasteiger partial charge in [-0.25, -0.2) is 4.79 Å². The Labute approximate surface area is 124 Å². The molecule has 1 aromatic carbocycles. The Bertz CT molecular complexity index is 690. The van der Waals surface area contributed by atoms with Gasteiger partial charge in [-0.2, -0.15) is 0 Å². The summed E-state index contributed by atoms with van der Waals surface area (Å²) in [6.45, 7) is 2.24. The van der Waals surface area contributed by atoms with E-state index in [1.54, 1.807) is 6.20 Å². The average molecular weight is 279 g/mol. The molecule has 0 aliphatic heterocycles. The van der Waals surface area contributed by atoms with Crippen LogP contribution in [-0.4, -0.2) is 17.6 Å². The largest absolute Gasteiger partial charge is 0.463 e. The molecular formula is C18H17NO2. The molecule has 1 aromatic heterocycles. The molecule has 3 nitrogen and oxygen atoms in total. The van der Waals surface area contributed by atoms with E-state index in [-0.39, 0.29) is 5.97 Å². The highest BCUT2D eigenvalue weighted by atomic mass is 16.5. The highest BCUT2D eigenvalue weighted by Crippen LogP contribution is 2.27. The van der Waals surface area contributed by atoms with Crippen molar-refractivity contribution in [1.82, 2.24) is 4.98 Å². The van der Waals surface area contributed by atoms with E-state index in [2.05, 4.69) is 29.2 Å². The number of fused-ring (bicyclic) bond motifs is 1. The van der Waals surface area contributed by atoms with Crippen molar-refractivity contribution >= 4 is 12.0 Å². The topological polar surface area (TPSA) is 39.2 Å². The Morgan fingerprint density at radius 1 is 1.29 bits per heavy atom. The number of rotatable bonds is 4. The standard InChI is InChI=1S/C18H17NO2/c1-2-21-18(20)17-10-15-6-5-13(9-16(15)11-17)8-14-4-3-7-19-12-14/h3-7,9-10,12H,2,8,11H2,1H3. The van der Waals surface area contributed by atoms with Crippen LogP contribution in [0.2, 0.25) is 0 Å². The number of pyridine rings is 1. The first-order valence-corrected chi connectivity index (χ1v) is 7.14. The van der Waals surface area contributed by atoms with Gasteiger partial charge in [0.2, 0.25) is 0 Å². The highest BCUT2D eigenvalue weighted by Gasteiger charge is 2.19. The van der Waals surface area contributed by atoms with Gasteiger partial charge >= 0.3 is 5.97 Å². The van der Waals surface area contributed by atoms with Crippen molar-refractivity contribution in [1.29, 1.82) is 0 Å². The van der Waals surface area contributed by atoms with E-state index in [1.807, 2.05) is 25.3 Å². The first-order valence-electron chi connectivity index (χ1n) is 7.14. The van der Waals surface area contributed by atoms with E-state index in [0.29, 0.717) is 13.0 Å². The molecular weight excluding hydrogens is 262 g/mol. The SMILES string of the molecule is CCOC(=O)C1=Cc2ccc(Cc3cccnc3)cc2C1. The Balaban J connectivity index is 1.76. The number of hydrogen-bond donors (Lipinski definition) is 0. The molecule has 3 heteroatoms. The maximum Gasteiger partial charge on any atom is 0.334 e. The molecule has 0 saturated heterocycles. The van der Waals surface area contributed by atoms with Gasteiger partial charge in [-0.05, 0) is 47.7 Å². The molecule has 0 fully saturated rings. The second-order valence-electron chi connectivity index (χ2n) is 5.14. The second-order valence-corrected chi connectivity index (χ2v) is 5.14. The predicted octanol–water partition coefficient (Wildman–Crippen LogP) is 3.18. The summed E-state index contributed by atoms with van der Waals surface area (Å²) in [4.78, 5) is 15.9. The third-order valence-corrected chi connectivity index (χ3v) is 3.59. The molecule has 1 aliphatic rings. The molecule has 0 unspecified atom stereocenters. The quantitative estimate of drug-likeness (QED) is 0.807. The van der Waals surface area contributed by atoms with Crippen molar-refractivity contribution in [3.8, 4) is 0 Å². The molecule has 0 atom stereocenters.